The molecule has 0 radical (unpaired) electrons. The number of nitrogens with zero attached hydrogens (tertiary/aromatic N) is 1. The van der Waals surface area contributed by atoms with Crippen molar-refractivity contribution in [3.05, 3.63) is 0 Å². The van der Waals surface area contributed by atoms with Crippen LogP contribution in [0.4, 0.5) is 4.79 Å². The average molecular weight is 146 g/mol. The van der Waals surface area contributed by atoms with Gasteiger partial charge in [-0.1, -0.05) is 0 Å². The highest BCUT2D eigenvalue weighted by Gasteiger charge is 2.28. The van der Waals surface area contributed by atoms with Crippen molar-refractivity contribution in [1.82, 2.24) is 5.01 Å². The molecule has 2 N–H and O–H groups in total. The molecule has 0 saturated carbocycles. The van der Waals surface area contributed by atoms with E-state index >= 15 is 0 Å². The number of rotatable bonds is 2. The molecule has 1 aliphatic rings. The number of hydrogen-bond donors (Lipinski definition) is 1. The van der Waals surface area contributed by atoms with Crippen molar-refractivity contribution in [2.75, 3.05) is 20.3 Å². The molecule has 1 heterocycles. The van der Waals surface area contributed by atoms with Crippen molar-refractivity contribution >= 4 is 6.09 Å². The molecule has 1 amide bonds. The summed E-state index contributed by atoms with van der Waals surface area (Å²) in [5.41, 5.74) is 0. The smallest absolute Gasteiger partial charge is 0.424 e. The highest BCUT2D eigenvalue weighted by molar-refractivity contribution is 5.68. The Morgan fingerprint density at radius 2 is 2.70 bits per heavy atom. The van der Waals surface area contributed by atoms with Crippen molar-refractivity contribution in [3.8, 4) is 0 Å². The normalized spacial score (nSPS) is 25.2. The van der Waals surface area contributed by atoms with E-state index in [9.17, 15) is 4.79 Å². The minimum absolute atomic E-state index is 0.206. The number of methoxy groups -OCH3 is 1. The fourth-order valence-corrected chi connectivity index (χ4v) is 0.814. The summed E-state index contributed by atoms with van der Waals surface area (Å²) in [7, 11) is 1.55. The summed E-state index contributed by atoms with van der Waals surface area (Å²) in [6.45, 7) is 0.812. The highest BCUT2D eigenvalue weighted by Crippen LogP contribution is 2.06. The Hall–Kier alpha value is -0.810. The molecule has 1 atom stereocenters. The van der Waals surface area contributed by atoms with Crippen molar-refractivity contribution in [1.29, 1.82) is 0 Å². The minimum atomic E-state index is -0.484. The standard InChI is InChI=1S/C5H10N2O3/c1-9-3-4-2-7(6)5(8)10-4/h4H,2-3,6H2,1H3. The lowest BCUT2D eigenvalue weighted by molar-refractivity contribution is 0.0715. The van der Waals surface area contributed by atoms with Crippen LogP contribution >= 0.6 is 0 Å². The third-order valence-electron chi connectivity index (χ3n) is 1.25. The van der Waals surface area contributed by atoms with Gasteiger partial charge in [0.15, 0.2) is 0 Å². The van der Waals surface area contributed by atoms with Crippen LogP contribution in [0, 0.1) is 0 Å². The second-order valence-corrected chi connectivity index (χ2v) is 2.11. The molecule has 5 heteroatoms. The fourth-order valence-electron chi connectivity index (χ4n) is 0.814. The quantitative estimate of drug-likeness (QED) is 0.414. The highest BCUT2D eigenvalue weighted by atomic mass is 16.6. The lowest BCUT2D eigenvalue weighted by Gasteiger charge is -2.03. The first-order valence-electron chi connectivity index (χ1n) is 2.96. The van der Waals surface area contributed by atoms with E-state index in [-0.39, 0.29) is 6.10 Å². The lowest BCUT2D eigenvalue weighted by Crippen LogP contribution is -2.32. The summed E-state index contributed by atoms with van der Waals surface area (Å²) >= 11 is 0. The van der Waals surface area contributed by atoms with Crippen molar-refractivity contribution < 1.29 is 14.3 Å². The Bertz CT molecular complexity index is 139. The first-order chi connectivity index (χ1) is 4.74. The maximum absolute atomic E-state index is 10.6. The summed E-state index contributed by atoms with van der Waals surface area (Å²) < 4.78 is 9.51. The van der Waals surface area contributed by atoms with Gasteiger partial charge in [-0.15, -0.1) is 0 Å². The third kappa shape index (κ3) is 1.37. The molecule has 1 saturated heterocycles. The summed E-state index contributed by atoms with van der Waals surface area (Å²) in [5.74, 6) is 5.20. The zero-order chi connectivity index (χ0) is 7.56. The topological polar surface area (TPSA) is 64.8 Å². The largest absolute Gasteiger partial charge is 0.441 e. The average Bonchev–Trinajstić information content (AvgIpc) is 2.14. The zero-order valence-corrected chi connectivity index (χ0v) is 5.74. The zero-order valence-electron chi connectivity index (χ0n) is 5.74. The van der Waals surface area contributed by atoms with Gasteiger partial charge >= 0.3 is 6.09 Å². The van der Waals surface area contributed by atoms with Crippen LogP contribution in [-0.4, -0.2) is 37.5 Å². The molecule has 58 valence electrons. The van der Waals surface area contributed by atoms with Crippen molar-refractivity contribution in [2.45, 2.75) is 6.10 Å². The Labute approximate surface area is 58.7 Å². The number of hydrogen-bond acceptors (Lipinski definition) is 4. The van der Waals surface area contributed by atoms with Crippen LogP contribution in [0.25, 0.3) is 0 Å². The van der Waals surface area contributed by atoms with E-state index < -0.39 is 6.09 Å². The van der Waals surface area contributed by atoms with Gasteiger partial charge in [0.05, 0.1) is 13.2 Å². The Balaban J connectivity index is 2.34. The van der Waals surface area contributed by atoms with Gasteiger partial charge in [0.2, 0.25) is 0 Å². The van der Waals surface area contributed by atoms with E-state index in [0.717, 1.165) is 5.01 Å². The minimum Gasteiger partial charge on any atom is -0.441 e. The first-order valence-corrected chi connectivity index (χ1v) is 2.96. The number of cyclic esters (lactones) is 1. The molecule has 0 aromatic heterocycles. The number of ether oxygens (including phenoxy) is 2. The van der Waals surface area contributed by atoms with E-state index in [0.29, 0.717) is 13.2 Å². The molecule has 10 heavy (non-hydrogen) atoms. The van der Waals surface area contributed by atoms with Crippen molar-refractivity contribution in [3.63, 3.8) is 0 Å². The van der Waals surface area contributed by atoms with E-state index in [1.807, 2.05) is 0 Å². The predicted molar refractivity (Wildman–Crippen MR) is 33.0 cm³/mol. The lowest BCUT2D eigenvalue weighted by atomic mass is 10.4. The molecular formula is C5H10N2O3. The van der Waals surface area contributed by atoms with Crippen LogP contribution < -0.4 is 5.84 Å². The molecule has 1 unspecified atom stereocenters. The Morgan fingerprint density at radius 3 is 3.10 bits per heavy atom. The van der Waals surface area contributed by atoms with Gasteiger partial charge in [0, 0.05) is 7.11 Å². The second kappa shape index (κ2) is 2.85. The van der Waals surface area contributed by atoms with Crippen LogP contribution in [0.2, 0.25) is 0 Å². The molecule has 0 aromatic rings. The number of carbonyl (C=O) groups is 1. The van der Waals surface area contributed by atoms with E-state index in [2.05, 4.69) is 0 Å². The molecule has 0 bridgehead atoms. The molecule has 1 fully saturated rings. The van der Waals surface area contributed by atoms with Crippen LogP contribution in [0.15, 0.2) is 0 Å². The van der Waals surface area contributed by atoms with Gasteiger partial charge in [-0.2, -0.15) is 0 Å². The van der Waals surface area contributed by atoms with Crippen LogP contribution in [-0.2, 0) is 9.47 Å². The summed E-state index contributed by atoms with van der Waals surface area (Å²) in [4.78, 5) is 10.6. The number of hydrazine groups is 1. The Morgan fingerprint density at radius 1 is 2.00 bits per heavy atom. The van der Waals surface area contributed by atoms with E-state index in [1.54, 1.807) is 7.11 Å². The van der Waals surface area contributed by atoms with Gasteiger partial charge < -0.3 is 9.47 Å². The summed E-state index contributed by atoms with van der Waals surface area (Å²) in [6, 6.07) is 0. The fraction of sp³-hybridized carbons (Fsp3) is 0.800. The summed E-state index contributed by atoms with van der Waals surface area (Å²) in [6.07, 6.45) is -0.690. The Kier molecular flexibility index (Phi) is 2.08. The van der Waals surface area contributed by atoms with Gasteiger partial charge in [0.25, 0.3) is 0 Å². The van der Waals surface area contributed by atoms with Gasteiger partial charge in [-0.25, -0.2) is 15.6 Å². The second-order valence-electron chi connectivity index (χ2n) is 2.11. The van der Waals surface area contributed by atoms with E-state index in [1.165, 1.54) is 0 Å². The molecule has 0 spiro atoms. The van der Waals surface area contributed by atoms with Gasteiger partial charge in [-0.05, 0) is 0 Å². The third-order valence-corrected chi connectivity index (χ3v) is 1.25. The van der Waals surface area contributed by atoms with Crippen LogP contribution in [0.1, 0.15) is 0 Å². The van der Waals surface area contributed by atoms with Crippen LogP contribution in [0.3, 0.4) is 0 Å². The number of carbonyl (C=O) groups excluding carboxylic acids is 1. The number of nitrogens with two attached hydrogens (primary N) is 1. The van der Waals surface area contributed by atoms with E-state index in [4.69, 9.17) is 15.3 Å². The monoisotopic (exact) mass is 146 g/mol. The molecule has 1 rings (SSSR count). The van der Waals surface area contributed by atoms with Gasteiger partial charge in [0.1, 0.15) is 6.10 Å². The molecular weight excluding hydrogens is 136 g/mol. The SMILES string of the molecule is COCC1CN(N)C(=O)O1. The summed E-state index contributed by atoms with van der Waals surface area (Å²) in [5, 5.41) is 1.03. The molecule has 5 nitrogen and oxygen atoms in total. The molecule has 1 aliphatic heterocycles. The molecule has 0 aromatic carbocycles. The number of amides is 1. The maximum atomic E-state index is 10.6. The van der Waals surface area contributed by atoms with Gasteiger partial charge in [-0.3, -0.25) is 0 Å². The molecule has 0 aliphatic carbocycles. The predicted octanol–water partition coefficient (Wildman–Crippen LogP) is -0.673. The first kappa shape index (κ1) is 7.30. The maximum Gasteiger partial charge on any atom is 0.424 e. The van der Waals surface area contributed by atoms with Crippen molar-refractivity contribution in [2.24, 2.45) is 5.84 Å². The van der Waals surface area contributed by atoms with Crippen LogP contribution in [0.5, 0.6) is 0 Å².